The Labute approximate surface area is 125 Å². The monoisotopic (exact) mass is 293 g/mol. The number of hydrogen-bond donors (Lipinski definition) is 1. The Bertz CT molecular complexity index is 450. The highest BCUT2D eigenvalue weighted by Gasteiger charge is 2.19. The molecule has 0 saturated carbocycles. The number of anilines is 1. The van der Waals surface area contributed by atoms with E-state index in [0.717, 1.165) is 32.1 Å². The summed E-state index contributed by atoms with van der Waals surface area (Å²) in [5.74, 6) is 0.394. The fourth-order valence-electron chi connectivity index (χ4n) is 2.24. The van der Waals surface area contributed by atoms with Crippen LogP contribution in [0.3, 0.4) is 0 Å². The number of pyridine rings is 1. The van der Waals surface area contributed by atoms with Gasteiger partial charge in [-0.2, -0.15) is 0 Å². The molecule has 6 heteroatoms. The van der Waals surface area contributed by atoms with Crippen molar-refractivity contribution < 1.29 is 14.3 Å². The van der Waals surface area contributed by atoms with E-state index in [1.807, 2.05) is 0 Å². The van der Waals surface area contributed by atoms with Gasteiger partial charge in [0.05, 0.1) is 24.9 Å². The second kappa shape index (κ2) is 7.95. The van der Waals surface area contributed by atoms with Gasteiger partial charge in [0.25, 0.3) is 0 Å². The molecule has 21 heavy (non-hydrogen) atoms. The van der Waals surface area contributed by atoms with Crippen molar-refractivity contribution in [2.24, 2.45) is 0 Å². The molecule has 1 aliphatic rings. The first-order valence-corrected chi connectivity index (χ1v) is 7.44. The van der Waals surface area contributed by atoms with Gasteiger partial charge in [0.1, 0.15) is 5.82 Å². The van der Waals surface area contributed by atoms with E-state index in [0.29, 0.717) is 18.7 Å². The van der Waals surface area contributed by atoms with Crippen LogP contribution in [0, 0.1) is 0 Å². The molecule has 1 unspecified atom stereocenters. The molecular formula is C15H23N3O3. The maximum atomic E-state index is 11.5. The molecule has 1 fully saturated rings. The third-order valence-corrected chi connectivity index (χ3v) is 3.46. The Balaban J connectivity index is 1.82. The Kier molecular flexibility index (Phi) is 5.95. The first-order valence-electron chi connectivity index (χ1n) is 7.44. The molecule has 0 amide bonds. The maximum Gasteiger partial charge on any atom is 0.339 e. The molecule has 1 aliphatic heterocycles. The van der Waals surface area contributed by atoms with Gasteiger partial charge >= 0.3 is 5.97 Å². The number of aromatic nitrogens is 1. The summed E-state index contributed by atoms with van der Waals surface area (Å²) in [6.07, 6.45) is 1.70. The molecule has 0 aliphatic carbocycles. The maximum absolute atomic E-state index is 11.5. The smallest absolute Gasteiger partial charge is 0.339 e. The lowest BCUT2D eigenvalue weighted by Crippen LogP contribution is -2.45. The Hall–Kier alpha value is -1.66. The number of nitrogens with one attached hydrogen (secondary N) is 1. The SMILES string of the molecule is CCOC(=O)c1ccc(NCC2CN(CC)CCO2)nc1. The van der Waals surface area contributed by atoms with Crippen LogP contribution in [0.1, 0.15) is 24.2 Å². The lowest BCUT2D eigenvalue weighted by molar-refractivity contribution is -0.0192. The summed E-state index contributed by atoms with van der Waals surface area (Å²) in [4.78, 5) is 18.1. The van der Waals surface area contributed by atoms with Gasteiger partial charge < -0.3 is 14.8 Å². The predicted octanol–water partition coefficient (Wildman–Crippen LogP) is 1.39. The van der Waals surface area contributed by atoms with Gasteiger partial charge in [0, 0.05) is 25.8 Å². The molecule has 1 N–H and O–H groups in total. The minimum Gasteiger partial charge on any atom is -0.462 e. The third kappa shape index (κ3) is 4.68. The zero-order valence-electron chi connectivity index (χ0n) is 12.7. The average Bonchev–Trinajstić information content (AvgIpc) is 2.54. The molecule has 6 nitrogen and oxygen atoms in total. The molecule has 116 valence electrons. The van der Waals surface area contributed by atoms with Crippen LogP contribution in [-0.2, 0) is 9.47 Å². The van der Waals surface area contributed by atoms with E-state index in [1.165, 1.54) is 6.20 Å². The summed E-state index contributed by atoms with van der Waals surface area (Å²) in [6.45, 7) is 8.77. The van der Waals surface area contributed by atoms with Crippen molar-refractivity contribution in [3.05, 3.63) is 23.9 Å². The summed E-state index contributed by atoms with van der Waals surface area (Å²) in [7, 11) is 0. The fraction of sp³-hybridized carbons (Fsp3) is 0.600. The van der Waals surface area contributed by atoms with Crippen LogP contribution in [0.4, 0.5) is 5.82 Å². The Morgan fingerprint density at radius 1 is 1.52 bits per heavy atom. The molecule has 1 aromatic heterocycles. The van der Waals surface area contributed by atoms with Gasteiger partial charge in [-0.05, 0) is 25.6 Å². The Morgan fingerprint density at radius 2 is 2.38 bits per heavy atom. The molecule has 2 heterocycles. The van der Waals surface area contributed by atoms with Gasteiger partial charge in [-0.1, -0.05) is 6.92 Å². The van der Waals surface area contributed by atoms with E-state index >= 15 is 0 Å². The van der Waals surface area contributed by atoms with E-state index in [2.05, 4.69) is 22.1 Å². The molecular weight excluding hydrogens is 270 g/mol. The highest BCUT2D eigenvalue weighted by atomic mass is 16.5. The van der Waals surface area contributed by atoms with Crippen molar-refractivity contribution in [1.82, 2.24) is 9.88 Å². The summed E-state index contributed by atoms with van der Waals surface area (Å²) in [5, 5.41) is 3.24. The van der Waals surface area contributed by atoms with Crippen molar-refractivity contribution in [3.63, 3.8) is 0 Å². The summed E-state index contributed by atoms with van der Waals surface area (Å²) >= 11 is 0. The van der Waals surface area contributed by atoms with Crippen molar-refractivity contribution in [2.45, 2.75) is 20.0 Å². The second-order valence-electron chi connectivity index (χ2n) is 4.92. The van der Waals surface area contributed by atoms with Crippen LogP contribution in [0.5, 0.6) is 0 Å². The van der Waals surface area contributed by atoms with Crippen LogP contribution in [0.2, 0.25) is 0 Å². The molecule has 0 radical (unpaired) electrons. The van der Waals surface area contributed by atoms with Gasteiger partial charge in [-0.3, -0.25) is 4.90 Å². The molecule has 0 spiro atoms. The van der Waals surface area contributed by atoms with E-state index in [-0.39, 0.29) is 12.1 Å². The predicted molar refractivity (Wildman–Crippen MR) is 80.5 cm³/mol. The lowest BCUT2D eigenvalue weighted by atomic mass is 10.2. The zero-order valence-corrected chi connectivity index (χ0v) is 12.7. The highest BCUT2D eigenvalue weighted by molar-refractivity contribution is 5.89. The summed E-state index contributed by atoms with van der Waals surface area (Å²) in [5.41, 5.74) is 0.466. The van der Waals surface area contributed by atoms with Gasteiger partial charge in [0.15, 0.2) is 0 Å². The van der Waals surface area contributed by atoms with Gasteiger partial charge in [-0.25, -0.2) is 9.78 Å². The number of carbonyl (C=O) groups excluding carboxylic acids is 1. The number of morpholine rings is 1. The minimum absolute atomic E-state index is 0.172. The fourth-order valence-corrected chi connectivity index (χ4v) is 2.24. The van der Waals surface area contributed by atoms with Gasteiger partial charge in [0.2, 0.25) is 0 Å². The first-order chi connectivity index (χ1) is 10.2. The average molecular weight is 293 g/mol. The molecule has 1 atom stereocenters. The van der Waals surface area contributed by atoms with Gasteiger partial charge in [-0.15, -0.1) is 0 Å². The minimum atomic E-state index is -0.342. The lowest BCUT2D eigenvalue weighted by Gasteiger charge is -2.32. The number of ether oxygens (including phenoxy) is 2. The zero-order chi connectivity index (χ0) is 15.1. The number of hydrogen-bond acceptors (Lipinski definition) is 6. The molecule has 0 bridgehead atoms. The standard InChI is InChI=1S/C15H23N3O3/c1-3-18-7-8-21-13(11-18)10-17-14-6-5-12(9-16-14)15(19)20-4-2/h5-6,9,13H,3-4,7-8,10-11H2,1-2H3,(H,16,17). The molecule has 1 aromatic rings. The van der Waals surface area contributed by atoms with Crippen LogP contribution in [-0.4, -0.2) is 61.3 Å². The topological polar surface area (TPSA) is 63.7 Å². The number of carbonyl (C=O) groups is 1. The van der Waals surface area contributed by atoms with Crippen molar-refractivity contribution in [3.8, 4) is 0 Å². The van der Waals surface area contributed by atoms with Crippen molar-refractivity contribution in [2.75, 3.05) is 44.7 Å². The van der Waals surface area contributed by atoms with E-state index in [4.69, 9.17) is 9.47 Å². The largest absolute Gasteiger partial charge is 0.462 e. The quantitative estimate of drug-likeness (QED) is 0.800. The number of nitrogens with zero attached hydrogens (tertiary/aromatic N) is 2. The molecule has 2 rings (SSSR count). The normalized spacial score (nSPS) is 19.2. The van der Waals surface area contributed by atoms with E-state index in [1.54, 1.807) is 19.1 Å². The van der Waals surface area contributed by atoms with E-state index < -0.39 is 0 Å². The van der Waals surface area contributed by atoms with Crippen LogP contribution >= 0.6 is 0 Å². The van der Waals surface area contributed by atoms with Crippen molar-refractivity contribution >= 4 is 11.8 Å². The molecule has 0 aromatic carbocycles. The van der Waals surface area contributed by atoms with Crippen LogP contribution in [0.25, 0.3) is 0 Å². The number of rotatable bonds is 6. The second-order valence-corrected chi connectivity index (χ2v) is 4.92. The number of likely N-dealkylation sites (N-methyl/N-ethyl adjacent to an activating group) is 1. The van der Waals surface area contributed by atoms with Crippen molar-refractivity contribution in [1.29, 1.82) is 0 Å². The van der Waals surface area contributed by atoms with E-state index in [9.17, 15) is 4.79 Å². The summed E-state index contributed by atoms with van der Waals surface area (Å²) in [6, 6.07) is 3.50. The third-order valence-electron chi connectivity index (χ3n) is 3.46. The number of esters is 1. The Morgan fingerprint density at radius 3 is 3.05 bits per heavy atom. The highest BCUT2D eigenvalue weighted by Crippen LogP contribution is 2.09. The molecule has 1 saturated heterocycles. The summed E-state index contributed by atoms with van der Waals surface area (Å²) < 4.78 is 10.6. The van der Waals surface area contributed by atoms with Crippen LogP contribution < -0.4 is 5.32 Å². The van der Waals surface area contributed by atoms with Crippen LogP contribution in [0.15, 0.2) is 18.3 Å². The first kappa shape index (κ1) is 15.7.